The highest BCUT2D eigenvalue weighted by molar-refractivity contribution is 6.01. The molecule has 0 saturated carbocycles. The average Bonchev–Trinajstić information content (AvgIpc) is 2.90. The molecule has 3 heterocycles. The first-order chi connectivity index (χ1) is 16.7. The molecule has 1 aliphatic rings. The molecule has 4 aromatic rings. The van der Waals surface area contributed by atoms with Crippen LogP contribution in [0.25, 0.3) is 22.3 Å². The highest BCUT2D eigenvalue weighted by atomic mass is 16.5. The fourth-order valence-corrected chi connectivity index (χ4v) is 4.53. The molecular formula is C26H26N4O4. The van der Waals surface area contributed by atoms with E-state index in [2.05, 4.69) is 20.9 Å². The molecular weight excluding hydrogens is 432 g/mol. The summed E-state index contributed by atoms with van der Waals surface area (Å²) in [4.78, 5) is 16.1. The quantitative estimate of drug-likeness (QED) is 0.423. The van der Waals surface area contributed by atoms with Crippen LogP contribution in [0.2, 0.25) is 0 Å². The van der Waals surface area contributed by atoms with Crippen molar-refractivity contribution >= 4 is 16.7 Å². The highest BCUT2D eigenvalue weighted by Crippen LogP contribution is 2.46. The van der Waals surface area contributed by atoms with Crippen molar-refractivity contribution in [1.29, 1.82) is 0 Å². The van der Waals surface area contributed by atoms with Crippen LogP contribution in [0.3, 0.4) is 0 Å². The molecule has 0 amide bonds. The molecule has 0 fully saturated rings. The van der Waals surface area contributed by atoms with Crippen LogP contribution in [0.15, 0.2) is 48.8 Å². The van der Waals surface area contributed by atoms with Crippen molar-refractivity contribution in [3.8, 4) is 34.4 Å². The molecule has 0 aliphatic carbocycles. The van der Waals surface area contributed by atoms with Crippen LogP contribution in [0.4, 0.5) is 5.82 Å². The number of pyridine rings is 1. The monoisotopic (exact) mass is 458 g/mol. The van der Waals surface area contributed by atoms with E-state index in [0.29, 0.717) is 29.6 Å². The Labute approximate surface area is 198 Å². The lowest BCUT2D eigenvalue weighted by Crippen LogP contribution is -2.31. The first-order valence-corrected chi connectivity index (χ1v) is 11.0. The predicted molar refractivity (Wildman–Crippen MR) is 130 cm³/mol. The number of fused-ring (bicyclic) bond motifs is 2. The summed E-state index contributed by atoms with van der Waals surface area (Å²) in [6, 6.07) is 11.8. The normalized spacial score (nSPS) is 12.9. The smallest absolute Gasteiger partial charge is 0.204 e. The van der Waals surface area contributed by atoms with Crippen molar-refractivity contribution in [2.45, 2.75) is 13.0 Å². The maximum absolute atomic E-state index is 5.90. The molecule has 5 rings (SSSR count). The van der Waals surface area contributed by atoms with Crippen molar-refractivity contribution in [2.75, 3.05) is 39.9 Å². The molecule has 0 unspecified atom stereocenters. The second kappa shape index (κ2) is 9.05. The summed E-state index contributed by atoms with van der Waals surface area (Å²) in [6.07, 6.45) is 4.29. The summed E-state index contributed by atoms with van der Waals surface area (Å²) in [6.45, 7) is 1.44. The number of ether oxygens (including phenoxy) is 4. The Balaban J connectivity index is 1.64. The largest absolute Gasteiger partial charge is 0.493 e. The first kappa shape index (κ1) is 21.8. The fraction of sp³-hybridized carbons (Fsp3) is 0.269. The van der Waals surface area contributed by atoms with Gasteiger partial charge in [0.1, 0.15) is 0 Å². The van der Waals surface area contributed by atoms with Gasteiger partial charge in [0.15, 0.2) is 28.9 Å². The van der Waals surface area contributed by atoms with Gasteiger partial charge in [-0.1, -0.05) is 12.1 Å². The third kappa shape index (κ3) is 3.61. The lowest BCUT2D eigenvalue weighted by molar-refractivity contribution is 0.353. The van der Waals surface area contributed by atoms with Gasteiger partial charge in [-0.25, -0.2) is 15.0 Å². The van der Waals surface area contributed by atoms with Crippen molar-refractivity contribution < 1.29 is 18.9 Å². The second-order valence-electron chi connectivity index (χ2n) is 7.92. The summed E-state index contributed by atoms with van der Waals surface area (Å²) in [7, 11) is 6.59. The zero-order chi connectivity index (χ0) is 23.7. The molecule has 8 heteroatoms. The van der Waals surface area contributed by atoms with Crippen LogP contribution in [0.5, 0.6) is 23.0 Å². The van der Waals surface area contributed by atoms with Crippen LogP contribution in [0.1, 0.15) is 11.1 Å². The Bertz CT molecular complexity index is 1340. The zero-order valence-corrected chi connectivity index (χ0v) is 19.7. The molecule has 1 aliphatic heterocycles. The third-order valence-electron chi connectivity index (χ3n) is 6.14. The Morgan fingerprint density at radius 1 is 0.794 bits per heavy atom. The minimum atomic E-state index is 0.585. The van der Waals surface area contributed by atoms with Crippen molar-refractivity contribution in [3.05, 3.63) is 59.9 Å². The average molecular weight is 459 g/mol. The minimum Gasteiger partial charge on any atom is -0.493 e. The number of rotatable bonds is 6. The topological polar surface area (TPSA) is 78.8 Å². The summed E-state index contributed by atoms with van der Waals surface area (Å²) in [5.74, 6) is 4.00. The lowest BCUT2D eigenvalue weighted by Gasteiger charge is -2.32. The summed E-state index contributed by atoms with van der Waals surface area (Å²) in [5, 5.41) is 0.820. The molecule has 34 heavy (non-hydrogen) atoms. The van der Waals surface area contributed by atoms with Crippen molar-refractivity contribution in [3.63, 3.8) is 0 Å². The maximum atomic E-state index is 5.90. The second-order valence-corrected chi connectivity index (χ2v) is 7.92. The summed E-state index contributed by atoms with van der Waals surface area (Å²) < 4.78 is 22.8. The van der Waals surface area contributed by atoms with E-state index in [4.69, 9.17) is 23.9 Å². The fourth-order valence-electron chi connectivity index (χ4n) is 4.53. The Hall–Kier alpha value is -4.07. The van der Waals surface area contributed by atoms with Gasteiger partial charge in [0, 0.05) is 31.0 Å². The van der Waals surface area contributed by atoms with E-state index in [1.165, 1.54) is 11.1 Å². The number of methoxy groups -OCH3 is 4. The minimum absolute atomic E-state index is 0.585. The van der Waals surface area contributed by atoms with Gasteiger partial charge in [-0.2, -0.15) is 0 Å². The molecule has 0 saturated heterocycles. The molecule has 174 valence electrons. The molecule has 8 nitrogen and oxygen atoms in total. The standard InChI is InChI=1S/C26H26N4O4/c1-31-20-13-16-9-12-30(15-17(16)14-21(20)32-2)26-24(34-4)23(33-3)22-18(7-5-8-19(22)29-26)25-27-10-6-11-28-25/h5-8,10-11,13-14H,9,12,15H2,1-4H3. The van der Waals surface area contributed by atoms with Gasteiger partial charge in [-0.3, -0.25) is 0 Å². The van der Waals surface area contributed by atoms with Crippen LogP contribution < -0.4 is 23.8 Å². The van der Waals surface area contributed by atoms with Crippen LogP contribution in [0, 0.1) is 0 Å². The summed E-state index contributed by atoms with van der Waals surface area (Å²) >= 11 is 0. The lowest BCUT2D eigenvalue weighted by atomic mass is 9.98. The molecule has 0 radical (unpaired) electrons. The van der Waals surface area contributed by atoms with Gasteiger partial charge in [0.2, 0.25) is 5.75 Å². The number of aromatic nitrogens is 3. The number of hydrogen-bond acceptors (Lipinski definition) is 8. The van der Waals surface area contributed by atoms with E-state index in [9.17, 15) is 0 Å². The molecule has 2 aromatic carbocycles. The van der Waals surface area contributed by atoms with E-state index in [-0.39, 0.29) is 0 Å². The third-order valence-corrected chi connectivity index (χ3v) is 6.14. The van der Waals surface area contributed by atoms with Gasteiger partial charge >= 0.3 is 0 Å². The highest BCUT2D eigenvalue weighted by Gasteiger charge is 2.27. The predicted octanol–water partition coefficient (Wildman–Crippen LogP) is 4.29. The van der Waals surface area contributed by atoms with E-state index in [1.807, 2.05) is 24.3 Å². The number of benzene rings is 2. The van der Waals surface area contributed by atoms with E-state index in [1.54, 1.807) is 46.9 Å². The van der Waals surface area contributed by atoms with E-state index >= 15 is 0 Å². The van der Waals surface area contributed by atoms with Crippen LogP contribution in [-0.4, -0.2) is 49.9 Å². The van der Waals surface area contributed by atoms with Gasteiger partial charge in [0.05, 0.1) is 39.3 Å². The van der Waals surface area contributed by atoms with Crippen LogP contribution in [-0.2, 0) is 13.0 Å². The van der Waals surface area contributed by atoms with E-state index in [0.717, 1.165) is 41.0 Å². The Kier molecular flexibility index (Phi) is 5.79. The number of hydrogen-bond donors (Lipinski definition) is 0. The van der Waals surface area contributed by atoms with Crippen LogP contribution >= 0.6 is 0 Å². The van der Waals surface area contributed by atoms with Crippen molar-refractivity contribution in [1.82, 2.24) is 15.0 Å². The molecule has 0 bridgehead atoms. The van der Waals surface area contributed by atoms with Gasteiger partial charge in [0.25, 0.3) is 0 Å². The van der Waals surface area contributed by atoms with Gasteiger partial charge in [-0.05, 0) is 41.8 Å². The molecule has 0 atom stereocenters. The zero-order valence-electron chi connectivity index (χ0n) is 19.7. The Morgan fingerprint density at radius 2 is 1.50 bits per heavy atom. The number of anilines is 1. The van der Waals surface area contributed by atoms with Gasteiger partial charge in [-0.15, -0.1) is 0 Å². The number of nitrogens with zero attached hydrogens (tertiary/aromatic N) is 4. The molecule has 2 aromatic heterocycles. The SMILES string of the molecule is COc1cc2c(cc1OC)CN(c1nc3cccc(-c4ncccn4)c3c(OC)c1OC)CC2. The molecule has 0 N–H and O–H groups in total. The van der Waals surface area contributed by atoms with E-state index < -0.39 is 0 Å². The summed E-state index contributed by atoms with van der Waals surface area (Å²) in [5.41, 5.74) is 4.03. The molecule has 0 spiro atoms. The Morgan fingerprint density at radius 3 is 2.18 bits per heavy atom. The van der Waals surface area contributed by atoms with Crippen molar-refractivity contribution in [2.24, 2.45) is 0 Å². The maximum Gasteiger partial charge on any atom is 0.204 e. The van der Waals surface area contributed by atoms with Gasteiger partial charge < -0.3 is 23.8 Å². The first-order valence-electron chi connectivity index (χ1n) is 11.0.